The quantitative estimate of drug-likeness (QED) is 0.0776. The van der Waals surface area contributed by atoms with E-state index in [0.29, 0.717) is 48.4 Å². The van der Waals surface area contributed by atoms with Gasteiger partial charge in [-0.15, -0.1) is 0 Å². The fourth-order valence-electron chi connectivity index (χ4n) is 7.54. The van der Waals surface area contributed by atoms with Crippen LogP contribution in [0.4, 0.5) is 5.69 Å². The molecule has 51 heavy (non-hydrogen) atoms. The lowest BCUT2D eigenvalue weighted by Gasteiger charge is -2.34. The molecule has 0 spiro atoms. The van der Waals surface area contributed by atoms with Gasteiger partial charge in [-0.2, -0.15) is 0 Å². The van der Waals surface area contributed by atoms with Gasteiger partial charge in [-0.3, -0.25) is 14.4 Å². The zero-order valence-electron chi connectivity index (χ0n) is 31.8. The fraction of sp³-hybridized carbons (Fsp3) is 0.737. The van der Waals surface area contributed by atoms with Crippen LogP contribution in [0, 0.1) is 23.7 Å². The SMILES string of the molecule is C[C@@H]1CN[C@@H](CCNC(=O)CC(CC(N)=O)[C@@H](C)[C@@H](C)C[C@H](C)C(=O)c2cccc(N=C(N)N)c2)CN[C@@H]2CCCC[C@H]2NCCN[C@@H](C)CN1. The smallest absolute Gasteiger partial charge is 0.220 e. The zero-order chi connectivity index (χ0) is 37.3. The summed E-state index contributed by atoms with van der Waals surface area (Å²) >= 11 is 0. The van der Waals surface area contributed by atoms with Crippen molar-refractivity contribution in [3.05, 3.63) is 29.8 Å². The Bertz CT molecular complexity index is 1260. The van der Waals surface area contributed by atoms with Crippen LogP contribution in [0.3, 0.4) is 0 Å². The Kier molecular flexibility index (Phi) is 18.3. The number of Topliss-reactive ketones (excluding diaryl/α,β-unsaturated/α-hetero) is 1. The van der Waals surface area contributed by atoms with Crippen molar-refractivity contribution in [2.75, 3.05) is 39.3 Å². The van der Waals surface area contributed by atoms with Gasteiger partial charge in [0.25, 0.3) is 0 Å². The summed E-state index contributed by atoms with van der Waals surface area (Å²) in [5.74, 6) is -1.04. The number of guanidine groups is 1. The molecular weight excluding hydrogens is 644 g/mol. The van der Waals surface area contributed by atoms with Gasteiger partial charge in [-0.1, -0.05) is 45.7 Å². The minimum Gasteiger partial charge on any atom is -0.370 e. The van der Waals surface area contributed by atoms with Crippen molar-refractivity contribution in [1.82, 2.24) is 31.9 Å². The minimum atomic E-state index is -0.429. The molecule has 0 radical (unpaired) electrons. The van der Waals surface area contributed by atoms with Gasteiger partial charge in [0.2, 0.25) is 11.8 Å². The average Bonchev–Trinajstić information content (AvgIpc) is 3.09. The molecule has 12 N–H and O–H groups in total. The number of ketones is 1. The summed E-state index contributed by atoms with van der Waals surface area (Å²) in [6, 6.07) is 8.73. The molecule has 3 rings (SSSR count). The number of benzene rings is 1. The van der Waals surface area contributed by atoms with Crippen LogP contribution in [-0.2, 0) is 9.59 Å². The molecule has 9 atom stereocenters. The third-order valence-corrected chi connectivity index (χ3v) is 10.8. The molecule has 1 aliphatic heterocycles. The van der Waals surface area contributed by atoms with Gasteiger partial charge in [0.05, 0.1) is 5.69 Å². The van der Waals surface area contributed by atoms with E-state index in [1.54, 1.807) is 24.3 Å². The van der Waals surface area contributed by atoms with E-state index >= 15 is 0 Å². The van der Waals surface area contributed by atoms with E-state index in [4.69, 9.17) is 17.2 Å². The predicted molar refractivity (Wildman–Crippen MR) is 207 cm³/mol. The lowest BCUT2D eigenvalue weighted by molar-refractivity contribution is -0.123. The van der Waals surface area contributed by atoms with E-state index in [-0.39, 0.29) is 60.2 Å². The number of nitrogens with one attached hydrogen (secondary N) is 6. The molecule has 1 aromatic rings. The largest absolute Gasteiger partial charge is 0.370 e. The first kappa shape index (κ1) is 42.3. The number of aliphatic imine (C=N–C) groups is 1. The number of nitrogens with zero attached hydrogens (tertiary/aromatic N) is 1. The molecule has 1 saturated carbocycles. The molecule has 1 aromatic carbocycles. The van der Waals surface area contributed by atoms with Crippen molar-refractivity contribution in [2.45, 2.75) is 116 Å². The Morgan fingerprint density at radius 3 is 2.24 bits per heavy atom. The van der Waals surface area contributed by atoms with Crippen LogP contribution in [0.5, 0.6) is 0 Å². The number of rotatable bonds is 14. The molecule has 2 amide bonds. The highest BCUT2D eigenvalue weighted by Gasteiger charge is 2.30. The summed E-state index contributed by atoms with van der Waals surface area (Å²) in [5.41, 5.74) is 17.7. The Morgan fingerprint density at radius 1 is 0.863 bits per heavy atom. The standard InChI is InChI=1S/C38H68N10O3/c1-24(17-25(2)37(51)29-9-8-10-31(18-29)48-38(40)41)28(5)30(19-35(39)49)20-36(50)44-14-13-32-23-47-34-12-7-6-11-33(34)43-16-15-42-26(3)21-45-27(4)22-46-32/h8-10,18,24-28,30,32-34,42-43,45-47H,6-7,11-17,19-23H2,1-5H3,(H2,39,49)(H,44,50)(H4,40,41,48)/t24-,25-,26-,27+,28-,30?,32-,33+,34+/m0/s1. The van der Waals surface area contributed by atoms with Crippen molar-refractivity contribution in [1.29, 1.82) is 0 Å². The molecule has 1 aliphatic carbocycles. The second-order valence-corrected chi connectivity index (χ2v) is 15.3. The average molecular weight is 713 g/mol. The highest BCUT2D eigenvalue weighted by atomic mass is 16.2. The van der Waals surface area contributed by atoms with Gasteiger partial charge in [0.15, 0.2) is 11.7 Å². The Morgan fingerprint density at radius 2 is 1.53 bits per heavy atom. The third kappa shape index (κ3) is 15.6. The lowest BCUT2D eigenvalue weighted by Crippen LogP contribution is -2.54. The number of primary amides is 1. The van der Waals surface area contributed by atoms with E-state index in [2.05, 4.69) is 57.7 Å². The summed E-state index contributed by atoms with van der Waals surface area (Å²) < 4.78 is 0. The second kappa shape index (κ2) is 22.1. The van der Waals surface area contributed by atoms with Crippen LogP contribution >= 0.6 is 0 Å². The van der Waals surface area contributed by atoms with E-state index in [0.717, 1.165) is 39.1 Å². The lowest BCUT2D eigenvalue weighted by atomic mass is 9.75. The first-order valence-corrected chi connectivity index (χ1v) is 19.3. The Labute approximate surface area is 306 Å². The van der Waals surface area contributed by atoms with Crippen LogP contribution in [0.15, 0.2) is 29.3 Å². The number of carbonyl (C=O) groups excluding carboxylic acids is 3. The monoisotopic (exact) mass is 713 g/mol. The number of nitrogens with two attached hydrogens (primary N) is 3. The van der Waals surface area contributed by atoms with Crippen LogP contribution in [0.2, 0.25) is 0 Å². The number of amides is 2. The molecule has 0 bridgehead atoms. The summed E-state index contributed by atoms with van der Waals surface area (Å²) in [6.45, 7) is 15.5. The number of fused-ring (bicyclic) bond motifs is 1. The molecule has 1 saturated heterocycles. The Balaban J connectivity index is 1.56. The first-order chi connectivity index (χ1) is 24.3. The first-order valence-electron chi connectivity index (χ1n) is 19.3. The molecule has 13 heteroatoms. The highest BCUT2D eigenvalue weighted by molar-refractivity contribution is 5.98. The van der Waals surface area contributed by atoms with Crippen molar-refractivity contribution in [3.8, 4) is 0 Å². The van der Waals surface area contributed by atoms with Gasteiger partial charge in [0, 0.05) is 93.8 Å². The van der Waals surface area contributed by atoms with E-state index in [1.807, 2.05) is 13.8 Å². The number of hydrogen-bond acceptors (Lipinski definition) is 9. The van der Waals surface area contributed by atoms with Crippen molar-refractivity contribution in [3.63, 3.8) is 0 Å². The Hall–Kier alpha value is -3.10. The van der Waals surface area contributed by atoms with Crippen molar-refractivity contribution in [2.24, 2.45) is 45.9 Å². The zero-order valence-corrected chi connectivity index (χ0v) is 31.8. The summed E-state index contributed by atoms with van der Waals surface area (Å²) in [7, 11) is 0. The second-order valence-electron chi connectivity index (χ2n) is 15.3. The van der Waals surface area contributed by atoms with Crippen LogP contribution in [0.1, 0.15) is 96.3 Å². The molecule has 2 fully saturated rings. The van der Waals surface area contributed by atoms with Crippen LogP contribution in [0.25, 0.3) is 0 Å². The van der Waals surface area contributed by atoms with Crippen molar-refractivity contribution >= 4 is 29.2 Å². The van der Waals surface area contributed by atoms with E-state index in [9.17, 15) is 14.4 Å². The maximum Gasteiger partial charge on any atom is 0.220 e. The maximum absolute atomic E-state index is 13.3. The summed E-state index contributed by atoms with van der Waals surface area (Å²) in [6.07, 6.45) is 6.56. The minimum absolute atomic E-state index is 0.00530. The van der Waals surface area contributed by atoms with E-state index < -0.39 is 5.91 Å². The molecule has 1 heterocycles. The third-order valence-electron chi connectivity index (χ3n) is 10.8. The van der Waals surface area contributed by atoms with Gasteiger partial charge < -0.3 is 49.1 Å². The summed E-state index contributed by atoms with van der Waals surface area (Å²) in [4.78, 5) is 42.8. The predicted octanol–water partition coefficient (Wildman–Crippen LogP) is 1.88. The molecule has 288 valence electrons. The molecule has 13 nitrogen and oxygen atoms in total. The van der Waals surface area contributed by atoms with Crippen LogP contribution < -0.4 is 49.1 Å². The molecule has 0 aromatic heterocycles. The highest BCUT2D eigenvalue weighted by Crippen LogP contribution is 2.32. The van der Waals surface area contributed by atoms with Gasteiger partial charge >= 0.3 is 0 Å². The molecule has 1 unspecified atom stereocenters. The van der Waals surface area contributed by atoms with Crippen LogP contribution in [-0.4, -0.2) is 93.0 Å². The normalized spacial score (nSPS) is 26.2. The molecule has 2 aliphatic rings. The van der Waals surface area contributed by atoms with Crippen molar-refractivity contribution < 1.29 is 14.4 Å². The number of carbonyl (C=O) groups is 3. The number of hydrogen-bond donors (Lipinski definition) is 9. The van der Waals surface area contributed by atoms with Gasteiger partial charge in [0.1, 0.15) is 0 Å². The van der Waals surface area contributed by atoms with Gasteiger partial charge in [-0.25, -0.2) is 4.99 Å². The van der Waals surface area contributed by atoms with Gasteiger partial charge in [-0.05, 0) is 69.4 Å². The fourth-order valence-corrected chi connectivity index (χ4v) is 7.54. The molecular formula is C38H68N10O3. The summed E-state index contributed by atoms with van der Waals surface area (Å²) in [5, 5.41) is 21.8. The maximum atomic E-state index is 13.3. The topological polar surface area (TPSA) is 214 Å². The van der Waals surface area contributed by atoms with E-state index in [1.165, 1.54) is 25.7 Å².